The predicted molar refractivity (Wildman–Crippen MR) is 130 cm³/mol. The minimum Gasteiger partial charge on any atom is -0.481 e. The Hall–Kier alpha value is -3.86. The van der Waals surface area contributed by atoms with Crippen molar-refractivity contribution in [3.05, 3.63) is 95.2 Å². The van der Waals surface area contributed by atoms with Crippen molar-refractivity contribution in [2.24, 2.45) is 0 Å². The molecule has 1 aromatic heterocycles. The van der Waals surface area contributed by atoms with Crippen molar-refractivity contribution in [2.45, 2.75) is 39.7 Å². The highest BCUT2D eigenvalue weighted by atomic mass is 16.5. The molecule has 0 radical (unpaired) electrons. The molecule has 0 saturated heterocycles. The topological polar surface area (TPSA) is 68.5 Å². The molecule has 0 bridgehead atoms. The van der Waals surface area contributed by atoms with Crippen LogP contribution >= 0.6 is 0 Å². The molecule has 0 aliphatic rings. The van der Waals surface area contributed by atoms with Crippen molar-refractivity contribution < 1.29 is 18.7 Å². The van der Waals surface area contributed by atoms with E-state index < -0.39 is 6.10 Å². The number of anilines is 1. The second-order valence-corrected chi connectivity index (χ2v) is 8.47. The number of benzene rings is 3. The summed E-state index contributed by atoms with van der Waals surface area (Å²) in [5, 5.41) is 3.53. The molecule has 1 amide bonds. The molecule has 0 saturated carbocycles. The van der Waals surface area contributed by atoms with Crippen LogP contribution in [0.2, 0.25) is 0 Å². The lowest BCUT2D eigenvalue weighted by Gasteiger charge is -2.15. The van der Waals surface area contributed by atoms with Crippen LogP contribution in [0, 0.1) is 6.92 Å². The Morgan fingerprint density at radius 3 is 2.21 bits per heavy atom. The van der Waals surface area contributed by atoms with Crippen LogP contribution in [0.4, 0.5) is 5.69 Å². The third-order valence-corrected chi connectivity index (χ3v) is 5.59. The molecule has 0 aliphatic carbocycles. The monoisotopic (exact) mass is 441 g/mol. The third kappa shape index (κ3) is 4.82. The van der Waals surface area contributed by atoms with Gasteiger partial charge in [0.15, 0.2) is 11.9 Å². The minimum absolute atomic E-state index is 0.0990. The van der Waals surface area contributed by atoms with Crippen molar-refractivity contribution in [3.63, 3.8) is 0 Å². The van der Waals surface area contributed by atoms with Crippen LogP contribution in [0.5, 0.6) is 5.75 Å². The molecule has 168 valence electrons. The molecule has 0 fully saturated rings. The predicted octanol–water partition coefficient (Wildman–Crippen LogP) is 6.50. The third-order valence-electron chi connectivity index (χ3n) is 5.59. The number of nitrogens with one attached hydrogen (secondary N) is 1. The van der Waals surface area contributed by atoms with Crippen LogP contribution < -0.4 is 10.1 Å². The lowest BCUT2D eigenvalue weighted by atomic mass is 10.0. The van der Waals surface area contributed by atoms with Crippen molar-refractivity contribution in [1.29, 1.82) is 0 Å². The first-order valence-corrected chi connectivity index (χ1v) is 11.0. The number of fused-ring (bicyclic) bond motifs is 1. The summed E-state index contributed by atoms with van der Waals surface area (Å²) in [6.45, 7) is 7.88. The molecule has 5 heteroatoms. The van der Waals surface area contributed by atoms with E-state index in [4.69, 9.17) is 9.15 Å². The Bertz CT molecular complexity index is 1280. The number of carbonyl (C=O) groups excluding carboxylic acids is 2. The molecule has 3 aromatic carbocycles. The zero-order chi connectivity index (χ0) is 23.5. The number of hydrogen-bond donors (Lipinski definition) is 1. The normalized spacial score (nSPS) is 12.0. The van der Waals surface area contributed by atoms with Crippen molar-refractivity contribution in [2.75, 3.05) is 5.32 Å². The Morgan fingerprint density at radius 2 is 1.55 bits per heavy atom. The highest BCUT2D eigenvalue weighted by Gasteiger charge is 2.25. The van der Waals surface area contributed by atoms with Crippen LogP contribution in [0.3, 0.4) is 0 Å². The Kier molecular flexibility index (Phi) is 6.31. The first kappa shape index (κ1) is 22.3. The van der Waals surface area contributed by atoms with E-state index in [1.54, 1.807) is 25.1 Å². The molecule has 1 N–H and O–H groups in total. The van der Waals surface area contributed by atoms with Gasteiger partial charge >= 0.3 is 0 Å². The van der Waals surface area contributed by atoms with Gasteiger partial charge in [-0.15, -0.1) is 0 Å². The summed E-state index contributed by atoms with van der Waals surface area (Å²) in [6, 6.07) is 22.2. The average molecular weight is 442 g/mol. The maximum atomic E-state index is 13.2. The van der Waals surface area contributed by atoms with E-state index in [0.717, 1.165) is 5.56 Å². The quantitative estimate of drug-likeness (QED) is 0.332. The standard InChI is InChI=1S/C28H27NO4/c1-17(2)20-13-15-22(16-14-20)32-19(4)28(31)29-25-23-7-5-6-8-24(23)33-27(25)26(30)21-11-9-18(3)10-12-21/h5-17,19H,1-4H3,(H,29,31)/t19-/m1/s1. The van der Waals surface area contributed by atoms with Gasteiger partial charge in [-0.3, -0.25) is 9.59 Å². The maximum Gasteiger partial charge on any atom is 0.265 e. The summed E-state index contributed by atoms with van der Waals surface area (Å²) in [4.78, 5) is 26.2. The molecule has 1 heterocycles. The summed E-state index contributed by atoms with van der Waals surface area (Å²) in [7, 11) is 0. The lowest BCUT2D eigenvalue weighted by molar-refractivity contribution is -0.122. The van der Waals surface area contributed by atoms with Crippen LogP contribution in [0.1, 0.15) is 53.9 Å². The van der Waals surface area contributed by atoms with Crippen LogP contribution in [-0.4, -0.2) is 17.8 Å². The van der Waals surface area contributed by atoms with E-state index in [1.807, 2.05) is 61.5 Å². The fraction of sp³-hybridized carbons (Fsp3) is 0.214. The number of furan rings is 1. The minimum atomic E-state index is -0.772. The molecule has 4 aromatic rings. The van der Waals surface area contributed by atoms with Gasteiger partial charge in [0.25, 0.3) is 5.91 Å². The molecular weight excluding hydrogens is 414 g/mol. The first-order valence-electron chi connectivity index (χ1n) is 11.0. The van der Waals surface area contributed by atoms with Gasteiger partial charge in [0, 0.05) is 10.9 Å². The summed E-state index contributed by atoms with van der Waals surface area (Å²) in [5.74, 6) is 0.461. The van der Waals surface area contributed by atoms with Crippen LogP contribution in [0.15, 0.2) is 77.2 Å². The summed E-state index contributed by atoms with van der Waals surface area (Å²) in [5.41, 5.74) is 3.62. The highest BCUT2D eigenvalue weighted by Crippen LogP contribution is 2.33. The zero-order valence-corrected chi connectivity index (χ0v) is 19.2. The van der Waals surface area contributed by atoms with E-state index in [0.29, 0.717) is 33.9 Å². The number of ether oxygens (including phenoxy) is 1. The second kappa shape index (κ2) is 9.33. The lowest BCUT2D eigenvalue weighted by Crippen LogP contribution is -2.30. The molecule has 1 atom stereocenters. The van der Waals surface area contributed by atoms with Gasteiger partial charge in [-0.1, -0.05) is 67.9 Å². The smallest absolute Gasteiger partial charge is 0.265 e. The molecule has 33 heavy (non-hydrogen) atoms. The molecule has 0 aliphatic heterocycles. The Morgan fingerprint density at radius 1 is 0.879 bits per heavy atom. The van der Waals surface area contributed by atoms with E-state index in [1.165, 1.54) is 5.56 Å². The number of amides is 1. The van der Waals surface area contributed by atoms with E-state index >= 15 is 0 Å². The molecular formula is C28H27NO4. The van der Waals surface area contributed by atoms with Gasteiger partial charge in [0.2, 0.25) is 5.78 Å². The number of carbonyl (C=O) groups is 2. The van der Waals surface area contributed by atoms with Crippen molar-refractivity contribution in [3.8, 4) is 5.75 Å². The van der Waals surface area contributed by atoms with Gasteiger partial charge in [0.05, 0.1) is 5.69 Å². The van der Waals surface area contributed by atoms with Crippen LogP contribution in [0.25, 0.3) is 11.0 Å². The summed E-state index contributed by atoms with van der Waals surface area (Å²) >= 11 is 0. The van der Waals surface area contributed by atoms with Gasteiger partial charge in [-0.05, 0) is 49.6 Å². The molecule has 4 rings (SSSR count). The number of hydrogen-bond acceptors (Lipinski definition) is 4. The van der Waals surface area contributed by atoms with Gasteiger partial charge in [-0.2, -0.15) is 0 Å². The van der Waals surface area contributed by atoms with Gasteiger partial charge in [-0.25, -0.2) is 0 Å². The van der Waals surface area contributed by atoms with Crippen LogP contribution in [-0.2, 0) is 4.79 Å². The van der Waals surface area contributed by atoms with E-state index in [-0.39, 0.29) is 17.5 Å². The fourth-order valence-electron chi connectivity index (χ4n) is 3.58. The zero-order valence-electron chi connectivity index (χ0n) is 19.2. The Balaban J connectivity index is 1.59. The average Bonchev–Trinajstić information content (AvgIpc) is 3.17. The van der Waals surface area contributed by atoms with Crippen molar-refractivity contribution >= 4 is 28.3 Å². The van der Waals surface area contributed by atoms with Gasteiger partial charge < -0.3 is 14.5 Å². The van der Waals surface area contributed by atoms with E-state index in [9.17, 15) is 9.59 Å². The number of rotatable bonds is 7. The molecule has 0 unspecified atom stereocenters. The summed E-state index contributed by atoms with van der Waals surface area (Å²) in [6.07, 6.45) is -0.772. The number of ketones is 1. The van der Waals surface area contributed by atoms with E-state index in [2.05, 4.69) is 19.2 Å². The molecule has 5 nitrogen and oxygen atoms in total. The SMILES string of the molecule is Cc1ccc(C(=O)c2oc3ccccc3c2NC(=O)[C@@H](C)Oc2ccc(C(C)C)cc2)cc1. The largest absolute Gasteiger partial charge is 0.481 e. The second-order valence-electron chi connectivity index (χ2n) is 8.47. The Labute approximate surface area is 193 Å². The number of aryl methyl sites for hydroxylation is 1. The maximum absolute atomic E-state index is 13.2. The van der Waals surface area contributed by atoms with Crippen molar-refractivity contribution in [1.82, 2.24) is 0 Å². The molecule has 0 spiro atoms. The first-order chi connectivity index (χ1) is 15.8. The van der Waals surface area contributed by atoms with Gasteiger partial charge in [0.1, 0.15) is 11.3 Å². The fourth-order valence-corrected chi connectivity index (χ4v) is 3.58. The highest BCUT2D eigenvalue weighted by molar-refractivity contribution is 6.17. The number of para-hydroxylation sites is 1. The summed E-state index contributed by atoms with van der Waals surface area (Å²) < 4.78 is 11.7.